The molecule has 0 spiro atoms. The number of hydrogen-bond donors (Lipinski definition) is 2. The molecule has 2 fully saturated rings. The van der Waals surface area contributed by atoms with Gasteiger partial charge in [0.1, 0.15) is 22.7 Å². The zero-order chi connectivity index (χ0) is 35.9. The van der Waals surface area contributed by atoms with E-state index in [0.29, 0.717) is 10.0 Å². The normalized spacial score (nSPS) is 31.8. The number of aromatic nitrogens is 1. The maximum atomic E-state index is 16.2. The van der Waals surface area contributed by atoms with E-state index in [1.54, 1.807) is 43.6 Å². The molecule has 0 bridgehead atoms. The van der Waals surface area contributed by atoms with Gasteiger partial charge >= 0.3 is 0 Å². The van der Waals surface area contributed by atoms with Gasteiger partial charge in [-0.25, -0.2) is 27.5 Å². The summed E-state index contributed by atoms with van der Waals surface area (Å²) < 4.78 is 73.3. The third-order valence-electron chi connectivity index (χ3n) is 9.48. The number of nitrogens with two attached hydrogens (primary N) is 2. The highest BCUT2D eigenvalue weighted by molar-refractivity contribution is 9.10. The Hall–Kier alpha value is -3.09. The highest BCUT2D eigenvalue weighted by atomic mass is 79.9. The molecule has 14 heteroatoms. The van der Waals surface area contributed by atoms with Gasteiger partial charge in [-0.15, -0.1) is 5.92 Å². The van der Waals surface area contributed by atoms with Crippen LogP contribution in [0.2, 0.25) is 0 Å². The number of benzene rings is 2. The van der Waals surface area contributed by atoms with Crippen LogP contribution < -0.4 is 11.5 Å². The molecule has 0 saturated carbocycles. The maximum absolute atomic E-state index is 16.2. The van der Waals surface area contributed by atoms with Crippen molar-refractivity contribution in [1.29, 1.82) is 0 Å². The number of thioether (sulfide) groups is 2. The van der Waals surface area contributed by atoms with E-state index in [1.165, 1.54) is 23.9 Å². The average molecular weight is 791 g/mol. The number of ether oxygens (including phenoxy) is 2. The molecule has 0 radical (unpaired) electrons. The largest absolute Gasteiger partial charge is 0.379 e. The summed E-state index contributed by atoms with van der Waals surface area (Å²) >= 11 is 5.64. The van der Waals surface area contributed by atoms with Crippen LogP contribution in [0.1, 0.15) is 50.3 Å². The Bertz CT molecular complexity index is 1930. The molecule has 0 amide bonds. The molecule has 0 unspecified atom stereocenters. The lowest BCUT2D eigenvalue weighted by atomic mass is 9.72. The monoisotopic (exact) mass is 789 g/mol. The van der Waals surface area contributed by atoms with Crippen LogP contribution in [0.4, 0.5) is 17.6 Å². The first kappa shape index (κ1) is 36.7. The van der Waals surface area contributed by atoms with Gasteiger partial charge in [0, 0.05) is 63.5 Å². The predicted octanol–water partition coefficient (Wildman–Crippen LogP) is 7.40. The summed E-state index contributed by atoms with van der Waals surface area (Å²) in [6.07, 6.45) is 3.13. The molecule has 7 rings (SSSR count). The standard InChI is InChI=1S/C22H21F2N3OS.C14H15BrF2N2OS/c1-3-4-15-7-17(11-26-10-15)16-5-6-19(23)18(8-16)22-12-28-14(2)9-21(22,24)13-29-20(25)27-22;1-8-5-13(17)7-21-12(18)19-14(13,6-20-8)10-4-9(15)2-3-11(10)16/h5-8,10-11,14H,9,12-13H2,1-2H3,(H2,25,27);2-4,8H,5-7H2,1H3,(H2,18,19)/t14-,21+,22+;8-,13+,14+/m00/s1. The summed E-state index contributed by atoms with van der Waals surface area (Å²) in [5.41, 5.74) is 7.95. The lowest BCUT2D eigenvalue weighted by Gasteiger charge is -2.49. The Morgan fingerprint density at radius 1 is 0.800 bits per heavy atom. The van der Waals surface area contributed by atoms with Gasteiger partial charge in [-0.1, -0.05) is 51.4 Å². The molecule has 1 aromatic heterocycles. The number of rotatable bonds is 3. The van der Waals surface area contributed by atoms with Crippen LogP contribution in [0.5, 0.6) is 0 Å². The zero-order valence-electron chi connectivity index (χ0n) is 27.6. The van der Waals surface area contributed by atoms with Gasteiger partial charge in [0.25, 0.3) is 0 Å². The Kier molecular flexibility index (Phi) is 10.4. The fourth-order valence-corrected chi connectivity index (χ4v) is 9.26. The summed E-state index contributed by atoms with van der Waals surface area (Å²) in [6.45, 7) is 5.30. The number of alkyl halides is 2. The van der Waals surface area contributed by atoms with Gasteiger partial charge in [0.15, 0.2) is 21.7 Å². The SMILES string of the molecule is CC#Cc1cncc(-c2ccc(F)c([C@]34CO[C@@H](C)C[C@@]3(F)CSC(N)=N4)c2)c1.C[C@H]1C[C@@]2(F)CSC(N)=N[C@@]2(c2cc(Br)ccc2F)CO1. The molecular formula is C36H36BrF4N5O2S2. The minimum Gasteiger partial charge on any atom is -0.379 e. The predicted molar refractivity (Wildman–Crippen MR) is 196 cm³/mol. The summed E-state index contributed by atoms with van der Waals surface area (Å²) in [6, 6.07) is 10.9. The number of fused-ring (bicyclic) bond motifs is 2. The molecule has 4 N–H and O–H groups in total. The smallest absolute Gasteiger partial charge is 0.155 e. The summed E-state index contributed by atoms with van der Waals surface area (Å²) in [4.78, 5) is 13.0. The van der Waals surface area contributed by atoms with Crippen LogP contribution in [-0.2, 0) is 20.6 Å². The number of amidine groups is 2. The minimum atomic E-state index is -1.76. The molecule has 2 saturated heterocycles. The molecule has 5 heterocycles. The number of aliphatic imine (C=N–C) groups is 2. The highest BCUT2D eigenvalue weighted by Crippen LogP contribution is 2.53. The van der Waals surface area contributed by atoms with E-state index in [9.17, 15) is 4.39 Å². The fourth-order valence-electron chi connectivity index (χ4n) is 7.00. The van der Waals surface area contributed by atoms with Crippen molar-refractivity contribution in [3.63, 3.8) is 0 Å². The van der Waals surface area contributed by atoms with Gasteiger partial charge in [0.2, 0.25) is 0 Å². The molecule has 2 aromatic carbocycles. The van der Waals surface area contributed by atoms with E-state index < -0.39 is 34.0 Å². The topological polar surface area (TPSA) is 108 Å². The first-order valence-electron chi connectivity index (χ1n) is 15.9. The number of pyridine rings is 1. The van der Waals surface area contributed by atoms with Gasteiger partial charge in [-0.3, -0.25) is 4.98 Å². The Morgan fingerprint density at radius 3 is 1.90 bits per heavy atom. The van der Waals surface area contributed by atoms with E-state index in [-0.39, 0.29) is 71.2 Å². The lowest BCUT2D eigenvalue weighted by Crippen LogP contribution is -2.60. The van der Waals surface area contributed by atoms with Gasteiger partial charge < -0.3 is 20.9 Å². The van der Waals surface area contributed by atoms with Crippen LogP contribution in [0.3, 0.4) is 0 Å². The second kappa shape index (κ2) is 14.1. The van der Waals surface area contributed by atoms with Crippen molar-refractivity contribution in [2.75, 3.05) is 24.7 Å². The lowest BCUT2D eigenvalue weighted by molar-refractivity contribution is -0.107. The quantitative estimate of drug-likeness (QED) is 0.211. The van der Waals surface area contributed by atoms with Crippen LogP contribution in [0, 0.1) is 23.5 Å². The van der Waals surface area contributed by atoms with Crippen molar-refractivity contribution >= 4 is 49.8 Å². The molecule has 4 aliphatic rings. The Balaban J connectivity index is 0.000000182. The minimum absolute atomic E-state index is 0.0146. The van der Waals surface area contributed by atoms with Gasteiger partial charge in [-0.2, -0.15) is 0 Å². The Labute approximate surface area is 305 Å². The van der Waals surface area contributed by atoms with Crippen molar-refractivity contribution < 1.29 is 27.0 Å². The fraction of sp³-hybridized carbons (Fsp3) is 0.417. The van der Waals surface area contributed by atoms with E-state index in [2.05, 4.69) is 42.7 Å². The molecule has 6 atom stereocenters. The second-order valence-electron chi connectivity index (χ2n) is 12.9. The second-order valence-corrected chi connectivity index (χ2v) is 15.8. The van der Waals surface area contributed by atoms with E-state index >= 15 is 13.2 Å². The molecular weight excluding hydrogens is 754 g/mol. The van der Waals surface area contributed by atoms with Crippen molar-refractivity contribution in [3.8, 4) is 23.0 Å². The third-order valence-corrected chi connectivity index (χ3v) is 12.0. The van der Waals surface area contributed by atoms with E-state index in [0.717, 1.165) is 22.9 Å². The Morgan fingerprint density at radius 2 is 1.34 bits per heavy atom. The maximum Gasteiger partial charge on any atom is 0.155 e. The molecule has 50 heavy (non-hydrogen) atoms. The van der Waals surface area contributed by atoms with Crippen LogP contribution in [-0.4, -0.2) is 63.6 Å². The third kappa shape index (κ3) is 6.67. The number of hydrogen-bond acceptors (Lipinski definition) is 9. The summed E-state index contributed by atoms with van der Waals surface area (Å²) in [7, 11) is 0. The highest BCUT2D eigenvalue weighted by Gasteiger charge is 2.61. The van der Waals surface area contributed by atoms with Crippen molar-refractivity contribution in [3.05, 3.63) is 87.7 Å². The molecule has 264 valence electrons. The molecule has 7 nitrogen and oxygen atoms in total. The van der Waals surface area contributed by atoms with Gasteiger partial charge in [-0.05, 0) is 62.7 Å². The number of halogens is 5. The van der Waals surface area contributed by atoms with E-state index in [4.69, 9.17) is 20.9 Å². The molecule has 0 aliphatic carbocycles. The summed E-state index contributed by atoms with van der Waals surface area (Å²) in [5.74, 6) is 5.03. The summed E-state index contributed by atoms with van der Waals surface area (Å²) in [5, 5.41) is 0.504. The van der Waals surface area contributed by atoms with Crippen LogP contribution in [0.15, 0.2) is 69.3 Å². The first-order valence-corrected chi connectivity index (χ1v) is 18.7. The van der Waals surface area contributed by atoms with Crippen molar-refractivity contribution in [2.24, 2.45) is 21.5 Å². The van der Waals surface area contributed by atoms with Gasteiger partial charge in [0.05, 0.1) is 25.4 Å². The first-order chi connectivity index (χ1) is 23.7. The molecule has 3 aromatic rings. The molecule has 4 aliphatic heterocycles. The average Bonchev–Trinajstić information content (AvgIpc) is 3.07. The van der Waals surface area contributed by atoms with Crippen LogP contribution >= 0.6 is 39.5 Å². The zero-order valence-corrected chi connectivity index (χ0v) is 30.8. The van der Waals surface area contributed by atoms with Crippen molar-refractivity contribution in [2.45, 2.75) is 68.2 Å². The van der Waals surface area contributed by atoms with Crippen molar-refractivity contribution in [1.82, 2.24) is 4.98 Å². The number of nitrogens with zero attached hydrogens (tertiary/aromatic N) is 3. The van der Waals surface area contributed by atoms with E-state index in [1.807, 2.05) is 19.9 Å². The van der Waals surface area contributed by atoms with Crippen LogP contribution in [0.25, 0.3) is 11.1 Å².